The number of hydrogen-bond donors (Lipinski definition) is 2. The molecule has 3 aliphatic heterocycles. The van der Waals surface area contributed by atoms with Gasteiger partial charge in [-0.25, -0.2) is 0 Å². The Morgan fingerprint density at radius 3 is 2.03 bits per heavy atom. The normalized spacial score (nSPS) is 18.5. The van der Waals surface area contributed by atoms with Gasteiger partial charge in [0.1, 0.15) is 17.1 Å². The standard InChI is InChI=1S/C14H23O3P.C12H13N3O2/c1-3-5-7-12-9-10-14(17-18(15)16)13(11-12)8-6-4-2;16-9-7-8(13-1-2-13)12(17)11(15-5-6-15)10(9)14-3-4-14/h9-11,15-16H,3-8H2,1-2H3;7H,1-6H2. The number of benzene rings is 1. The van der Waals surface area contributed by atoms with E-state index in [-0.39, 0.29) is 11.6 Å². The van der Waals surface area contributed by atoms with E-state index in [1.165, 1.54) is 24.5 Å². The second-order valence-electron chi connectivity index (χ2n) is 9.37. The summed E-state index contributed by atoms with van der Waals surface area (Å²) in [5.41, 5.74) is 4.27. The second kappa shape index (κ2) is 11.5. The number of rotatable bonds is 11. The molecule has 0 spiro atoms. The van der Waals surface area contributed by atoms with Crippen molar-refractivity contribution in [3.05, 3.63) is 52.5 Å². The molecule has 1 aromatic carbocycles. The number of Topliss-reactive ketones (excluding diaryl/α,β-unsaturated/α-hetero) is 1. The number of aryl methyl sites for hydroxylation is 2. The fraction of sp³-hybridized carbons (Fsp3) is 0.538. The third-order valence-corrected chi connectivity index (χ3v) is 6.77. The molecule has 9 heteroatoms. The average molecular weight is 502 g/mol. The predicted octanol–water partition coefficient (Wildman–Crippen LogP) is 3.14. The molecule has 8 nitrogen and oxygen atoms in total. The monoisotopic (exact) mass is 501 g/mol. The van der Waals surface area contributed by atoms with Crippen LogP contribution >= 0.6 is 8.60 Å². The fourth-order valence-corrected chi connectivity index (χ4v) is 4.54. The summed E-state index contributed by atoms with van der Waals surface area (Å²) >= 11 is 0. The maximum Gasteiger partial charge on any atom is 0.391 e. The van der Waals surface area contributed by atoms with Gasteiger partial charge in [0.25, 0.3) is 0 Å². The second-order valence-corrected chi connectivity index (χ2v) is 10.1. The molecular weight excluding hydrogens is 465 g/mol. The Kier molecular flexibility index (Phi) is 8.47. The Labute approximate surface area is 208 Å². The highest BCUT2D eigenvalue weighted by atomic mass is 31.2. The maximum absolute atomic E-state index is 12.4. The summed E-state index contributed by atoms with van der Waals surface area (Å²) in [6.45, 7) is 9.73. The molecule has 0 radical (unpaired) electrons. The Balaban J connectivity index is 0.000000165. The summed E-state index contributed by atoms with van der Waals surface area (Å²) in [7, 11) is -2.33. The van der Waals surface area contributed by atoms with Gasteiger partial charge >= 0.3 is 8.60 Å². The molecular formula is C26H36N3O5P. The van der Waals surface area contributed by atoms with Crippen LogP contribution in [-0.2, 0) is 22.4 Å². The minimum atomic E-state index is -2.33. The summed E-state index contributed by atoms with van der Waals surface area (Å²) in [4.78, 5) is 48.4. The van der Waals surface area contributed by atoms with Gasteiger partial charge in [-0.05, 0) is 42.9 Å². The van der Waals surface area contributed by atoms with Crippen molar-refractivity contribution in [1.82, 2.24) is 14.7 Å². The number of nitrogens with zero attached hydrogens (tertiary/aromatic N) is 3. The van der Waals surface area contributed by atoms with Crippen molar-refractivity contribution in [3.8, 4) is 5.75 Å². The third kappa shape index (κ3) is 6.84. The molecule has 35 heavy (non-hydrogen) atoms. The van der Waals surface area contributed by atoms with Crippen LogP contribution in [0.25, 0.3) is 0 Å². The van der Waals surface area contributed by atoms with Crippen LogP contribution in [0, 0.1) is 0 Å². The van der Waals surface area contributed by atoms with Crippen molar-refractivity contribution in [2.75, 3.05) is 39.3 Å². The average Bonchev–Trinajstić information content (AvgIpc) is 3.69. The molecule has 0 aromatic heterocycles. The van der Waals surface area contributed by atoms with Crippen LogP contribution in [0.5, 0.6) is 5.75 Å². The minimum Gasteiger partial charge on any atom is -0.427 e. The Morgan fingerprint density at radius 2 is 1.46 bits per heavy atom. The first-order valence-corrected chi connectivity index (χ1v) is 13.9. The molecule has 4 aliphatic rings. The highest BCUT2D eigenvalue weighted by Crippen LogP contribution is 2.34. The summed E-state index contributed by atoms with van der Waals surface area (Å²) in [6.07, 6.45) is 8.09. The highest BCUT2D eigenvalue weighted by Gasteiger charge is 2.43. The lowest BCUT2D eigenvalue weighted by Gasteiger charge is -2.21. The molecule has 3 fully saturated rings. The van der Waals surface area contributed by atoms with Gasteiger partial charge in [0.05, 0.1) is 5.70 Å². The van der Waals surface area contributed by atoms with Crippen molar-refractivity contribution < 1.29 is 23.9 Å². The van der Waals surface area contributed by atoms with Crippen LogP contribution in [0.3, 0.4) is 0 Å². The van der Waals surface area contributed by atoms with Crippen molar-refractivity contribution in [2.24, 2.45) is 0 Å². The zero-order valence-corrected chi connectivity index (χ0v) is 21.6. The molecule has 190 valence electrons. The first-order chi connectivity index (χ1) is 16.9. The summed E-state index contributed by atoms with van der Waals surface area (Å²) in [5, 5.41) is 0. The van der Waals surface area contributed by atoms with Crippen LogP contribution in [0.4, 0.5) is 0 Å². The molecule has 1 aliphatic carbocycles. The van der Waals surface area contributed by atoms with E-state index in [0.29, 0.717) is 22.8 Å². The molecule has 1 aromatic rings. The van der Waals surface area contributed by atoms with E-state index in [0.717, 1.165) is 70.5 Å². The zero-order valence-electron chi connectivity index (χ0n) is 20.7. The predicted molar refractivity (Wildman–Crippen MR) is 135 cm³/mol. The van der Waals surface area contributed by atoms with E-state index in [2.05, 4.69) is 19.9 Å². The minimum absolute atomic E-state index is 0.00546. The first-order valence-electron chi connectivity index (χ1n) is 12.7. The number of carbonyl (C=O) groups is 2. The van der Waals surface area contributed by atoms with Gasteiger partial charge in [0.2, 0.25) is 11.6 Å². The van der Waals surface area contributed by atoms with E-state index in [1.54, 1.807) is 0 Å². The Hall–Kier alpha value is -2.41. The molecule has 5 rings (SSSR count). The SMILES string of the molecule is CCCCc1ccc(OP(O)O)c(CCCC)c1.O=C1C=C(N2CC2)C(=O)C(N2CC2)=C1N1CC1. The lowest BCUT2D eigenvalue weighted by molar-refractivity contribution is -0.117. The van der Waals surface area contributed by atoms with Crippen LogP contribution in [0.1, 0.15) is 50.7 Å². The molecule has 2 N–H and O–H groups in total. The van der Waals surface area contributed by atoms with Crippen molar-refractivity contribution in [1.29, 1.82) is 0 Å². The number of carbonyl (C=O) groups excluding carboxylic acids is 2. The van der Waals surface area contributed by atoms with Crippen molar-refractivity contribution in [2.45, 2.75) is 52.4 Å². The van der Waals surface area contributed by atoms with E-state index in [9.17, 15) is 9.59 Å². The molecule has 3 heterocycles. The Bertz CT molecular complexity index is 1010. The zero-order chi connectivity index (χ0) is 24.9. The molecule has 0 unspecified atom stereocenters. The lowest BCUT2D eigenvalue weighted by Crippen LogP contribution is -2.29. The number of hydrogen-bond acceptors (Lipinski definition) is 8. The van der Waals surface area contributed by atoms with E-state index >= 15 is 0 Å². The number of ketones is 2. The molecule has 0 saturated carbocycles. The largest absolute Gasteiger partial charge is 0.427 e. The van der Waals surface area contributed by atoms with Gasteiger partial charge in [-0.3, -0.25) is 9.59 Å². The molecule has 0 bridgehead atoms. The fourth-order valence-electron chi connectivity index (χ4n) is 4.18. The number of unbranched alkanes of at least 4 members (excludes halogenated alkanes) is 2. The van der Waals surface area contributed by atoms with E-state index < -0.39 is 8.60 Å². The first kappa shape index (κ1) is 25.7. The molecule has 0 amide bonds. The van der Waals surface area contributed by atoms with Crippen LogP contribution in [-0.4, -0.2) is 75.3 Å². The van der Waals surface area contributed by atoms with Gasteiger partial charge < -0.3 is 29.0 Å². The third-order valence-electron chi connectivity index (χ3n) is 6.41. The van der Waals surface area contributed by atoms with Gasteiger partial charge in [-0.15, -0.1) is 0 Å². The topological polar surface area (TPSA) is 92.9 Å². The highest BCUT2D eigenvalue weighted by molar-refractivity contribution is 7.39. The van der Waals surface area contributed by atoms with Gasteiger partial charge in [0, 0.05) is 45.3 Å². The van der Waals surface area contributed by atoms with Crippen LogP contribution in [0.15, 0.2) is 41.4 Å². The van der Waals surface area contributed by atoms with Crippen molar-refractivity contribution >= 4 is 20.2 Å². The number of allylic oxidation sites excluding steroid dienone is 1. The molecule has 3 saturated heterocycles. The van der Waals surface area contributed by atoms with Crippen LogP contribution < -0.4 is 4.52 Å². The maximum atomic E-state index is 12.4. The summed E-state index contributed by atoms with van der Waals surface area (Å²) in [5.74, 6) is 0.659. The quantitative estimate of drug-likeness (QED) is 0.272. The van der Waals surface area contributed by atoms with Crippen molar-refractivity contribution in [3.63, 3.8) is 0 Å². The smallest absolute Gasteiger partial charge is 0.391 e. The molecule has 0 atom stereocenters. The van der Waals surface area contributed by atoms with Gasteiger partial charge in [0.15, 0.2) is 0 Å². The summed E-state index contributed by atoms with van der Waals surface area (Å²) < 4.78 is 5.08. The van der Waals surface area contributed by atoms with Gasteiger partial charge in [-0.2, -0.15) is 0 Å². The lowest BCUT2D eigenvalue weighted by atomic mass is 10.0. The van der Waals surface area contributed by atoms with Gasteiger partial charge in [-0.1, -0.05) is 38.8 Å². The van der Waals surface area contributed by atoms with Crippen LogP contribution in [0.2, 0.25) is 0 Å². The van der Waals surface area contributed by atoms with E-state index in [1.807, 2.05) is 26.8 Å². The van der Waals surface area contributed by atoms with E-state index in [4.69, 9.17) is 14.3 Å². The Morgan fingerprint density at radius 1 is 0.857 bits per heavy atom. The summed E-state index contributed by atoms with van der Waals surface area (Å²) in [6, 6.07) is 6.01.